The van der Waals surface area contributed by atoms with Gasteiger partial charge >= 0.3 is 0 Å². The number of anilines is 1. The average Bonchev–Trinajstić information content (AvgIpc) is 2.74. The molecule has 0 aliphatic heterocycles. The minimum absolute atomic E-state index is 0.243. The molecule has 0 atom stereocenters. The van der Waals surface area contributed by atoms with E-state index in [9.17, 15) is 9.59 Å². The molecule has 0 saturated heterocycles. The molecule has 0 heterocycles. The Morgan fingerprint density at radius 1 is 0.967 bits per heavy atom. The highest BCUT2D eigenvalue weighted by Crippen LogP contribution is 2.21. The topological polar surface area (TPSA) is 79.8 Å². The molecule has 6 nitrogen and oxygen atoms in total. The monoisotopic (exact) mass is 465 g/mol. The molecule has 0 unspecified atom stereocenters. The second-order valence-electron chi connectivity index (χ2n) is 6.49. The molecule has 152 valence electrons. The van der Waals surface area contributed by atoms with E-state index in [1.165, 1.54) is 6.21 Å². The summed E-state index contributed by atoms with van der Waals surface area (Å²) in [5, 5.41) is 6.80. The van der Waals surface area contributed by atoms with Gasteiger partial charge in [-0.15, -0.1) is 0 Å². The maximum Gasteiger partial charge on any atom is 0.271 e. The SMILES string of the molecule is COc1ccc(Br)cc1/C=N/NC(=O)c1cccc(NC(=O)c2ccc(C)cc2)c1. The Kier molecular flexibility index (Phi) is 6.98. The highest BCUT2D eigenvalue weighted by Gasteiger charge is 2.09. The summed E-state index contributed by atoms with van der Waals surface area (Å²) >= 11 is 3.39. The van der Waals surface area contributed by atoms with Crippen LogP contribution >= 0.6 is 15.9 Å². The van der Waals surface area contributed by atoms with Crippen LogP contribution in [-0.2, 0) is 0 Å². The second kappa shape index (κ2) is 9.84. The third-order valence-electron chi connectivity index (χ3n) is 4.26. The molecule has 7 heteroatoms. The Bertz CT molecular complexity index is 1100. The second-order valence-corrected chi connectivity index (χ2v) is 7.40. The van der Waals surface area contributed by atoms with Crippen LogP contribution in [0.3, 0.4) is 0 Å². The van der Waals surface area contributed by atoms with Gasteiger partial charge in [-0.3, -0.25) is 9.59 Å². The quantitative estimate of drug-likeness (QED) is 0.405. The molecule has 30 heavy (non-hydrogen) atoms. The Hall–Kier alpha value is -3.45. The van der Waals surface area contributed by atoms with Gasteiger partial charge < -0.3 is 10.1 Å². The number of methoxy groups -OCH3 is 1. The van der Waals surface area contributed by atoms with Crippen LogP contribution in [0.1, 0.15) is 31.8 Å². The molecule has 0 aromatic heterocycles. The number of carbonyl (C=O) groups is 2. The zero-order valence-electron chi connectivity index (χ0n) is 16.5. The summed E-state index contributed by atoms with van der Waals surface area (Å²) in [6.07, 6.45) is 1.50. The van der Waals surface area contributed by atoms with Gasteiger partial charge in [-0.2, -0.15) is 5.10 Å². The van der Waals surface area contributed by atoms with Crippen molar-refractivity contribution >= 4 is 39.6 Å². The Morgan fingerprint density at radius 2 is 1.73 bits per heavy atom. The van der Waals surface area contributed by atoms with Gasteiger partial charge in [0.2, 0.25) is 0 Å². The van der Waals surface area contributed by atoms with E-state index < -0.39 is 5.91 Å². The Balaban J connectivity index is 1.66. The van der Waals surface area contributed by atoms with Crippen molar-refractivity contribution in [3.05, 3.63) is 93.5 Å². The largest absolute Gasteiger partial charge is 0.496 e. The molecule has 0 aliphatic carbocycles. The summed E-state index contributed by atoms with van der Waals surface area (Å²) in [4.78, 5) is 24.8. The number of carbonyl (C=O) groups excluding carboxylic acids is 2. The van der Waals surface area contributed by atoms with Gasteiger partial charge in [-0.05, 0) is 55.5 Å². The van der Waals surface area contributed by atoms with Crippen molar-refractivity contribution < 1.29 is 14.3 Å². The van der Waals surface area contributed by atoms with Crippen molar-refractivity contribution in [1.29, 1.82) is 0 Å². The van der Waals surface area contributed by atoms with Crippen LogP contribution in [0, 0.1) is 6.92 Å². The van der Waals surface area contributed by atoms with E-state index in [0.717, 1.165) is 10.0 Å². The highest BCUT2D eigenvalue weighted by molar-refractivity contribution is 9.10. The van der Waals surface area contributed by atoms with E-state index in [-0.39, 0.29) is 5.91 Å². The minimum atomic E-state index is -0.397. The normalized spacial score (nSPS) is 10.6. The fourth-order valence-corrected chi connectivity index (χ4v) is 3.06. The number of hydrogen-bond donors (Lipinski definition) is 2. The van der Waals surface area contributed by atoms with Crippen molar-refractivity contribution in [2.45, 2.75) is 6.92 Å². The summed E-state index contributed by atoms with van der Waals surface area (Å²) in [5.41, 5.74) is 5.71. The first-order chi connectivity index (χ1) is 14.5. The fourth-order valence-electron chi connectivity index (χ4n) is 2.68. The molecule has 2 N–H and O–H groups in total. The van der Waals surface area contributed by atoms with Crippen LogP contribution in [0.15, 0.2) is 76.3 Å². The lowest BCUT2D eigenvalue weighted by Crippen LogP contribution is -2.18. The highest BCUT2D eigenvalue weighted by atomic mass is 79.9. The summed E-state index contributed by atoms with van der Waals surface area (Å²) in [6.45, 7) is 1.96. The lowest BCUT2D eigenvalue weighted by atomic mass is 10.1. The molecular formula is C23H20BrN3O3. The first kappa shape index (κ1) is 21.3. The van der Waals surface area contributed by atoms with Gasteiger partial charge in [0.25, 0.3) is 11.8 Å². The molecule has 0 saturated carbocycles. The van der Waals surface area contributed by atoms with Gasteiger partial charge in [0.15, 0.2) is 0 Å². The zero-order chi connectivity index (χ0) is 21.5. The van der Waals surface area contributed by atoms with E-state index >= 15 is 0 Å². The van der Waals surface area contributed by atoms with Gasteiger partial charge in [0.1, 0.15) is 5.75 Å². The predicted octanol–water partition coefficient (Wildman–Crippen LogP) is 4.78. The van der Waals surface area contributed by atoms with Crippen molar-refractivity contribution in [3.8, 4) is 5.75 Å². The number of hydrazone groups is 1. The molecular weight excluding hydrogens is 446 g/mol. The van der Waals surface area contributed by atoms with Gasteiger partial charge in [-0.1, -0.05) is 39.7 Å². The van der Waals surface area contributed by atoms with E-state index in [0.29, 0.717) is 28.1 Å². The third-order valence-corrected chi connectivity index (χ3v) is 4.75. The van der Waals surface area contributed by atoms with E-state index in [2.05, 4.69) is 31.8 Å². The molecule has 3 aromatic rings. The number of benzene rings is 3. The number of aryl methyl sites for hydroxylation is 1. The molecule has 3 rings (SSSR count). The van der Waals surface area contributed by atoms with E-state index in [1.807, 2.05) is 31.2 Å². The first-order valence-corrected chi connectivity index (χ1v) is 9.90. The lowest BCUT2D eigenvalue weighted by Gasteiger charge is -2.07. The van der Waals surface area contributed by atoms with Crippen LogP contribution in [0.4, 0.5) is 5.69 Å². The van der Waals surface area contributed by atoms with E-state index in [1.54, 1.807) is 49.6 Å². The lowest BCUT2D eigenvalue weighted by molar-refractivity contribution is 0.0953. The molecule has 3 aromatic carbocycles. The van der Waals surface area contributed by atoms with Gasteiger partial charge in [0.05, 0.1) is 13.3 Å². The van der Waals surface area contributed by atoms with E-state index in [4.69, 9.17) is 4.74 Å². The number of amides is 2. The molecule has 2 amide bonds. The predicted molar refractivity (Wildman–Crippen MR) is 121 cm³/mol. The van der Waals surface area contributed by atoms with Crippen molar-refractivity contribution in [3.63, 3.8) is 0 Å². The number of hydrogen-bond acceptors (Lipinski definition) is 4. The number of ether oxygens (including phenoxy) is 1. The standard InChI is InChI=1S/C23H20BrN3O3/c1-15-6-8-16(9-7-15)22(28)26-20-5-3-4-17(13-20)23(29)27-25-14-18-12-19(24)10-11-21(18)30-2/h3-14H,1-2H3,(H,26,28)(H,27,29)/b25-14+. The van der Waals surface area contributed by atoms with Crippen molar-refractivity contribution in [1.82, 2.24) is 5.43 Å². The van der Waals surface area contributed by atoms with Crippen LogP contribution in [0.25, 0.3) is 0 Å². The van der Waals surface area contributed by atoms with Crippen molar-refractivity contribution in [2.75, 3.05) is 12.4 Å². The van der Waals surface area contributed by atoms with Crippen LogP contribution in [-0.4, -0.2) is 25.1 Å². The summed E-state index contributed by atoms with van der Waals surface area (Å²) in [7, 11) is 1.57. The molecule has 0 radical (unpaired) electrons. The average molecular weight is 466 g/mol. The number of nitrogens with one attached hydrogen (secondary N) is 2. The number of nitrogens with zero attached hydrogens (tertiary/aromatic N) is 1. The first-order valence-electron chi connectivity index (χ1n) is 9.11. The van der Waals surface area contributed by atoms with Gasteiger partial charge in [-0.25, -0.2) is 5.43 Å². The number of halogens is 1. The molecule has 0 aliphatic rings. The third kappa shape index (κ3) is 5.55. The van der Waals surface area contributed by atoms with Crippen LogP contribution in [0.5, 0.6) is 5.75 Å². The van der Waals surface area contributed by atoms with Gasteiger partial charge in [0, 0.05) is 26.9 Å². The molecule has 0 fully saturated rings. The number of rotatable bonds is 6. The Labute approximate surface area is 183 Å². The molecule has 0 bridgehead atoms. The van der Waals surface area contributed by atoms with Crippen LogP contribution in [0.2, 0.25) is 0 Å². The summed E-state index contributed by atoms with van der Waals surface area (Å²) in [6, 6.07) is 19.4. The smallest absolute Gasteiger partial charge is 0.271 e. The molecule has 0 spiro atoms. The maximum atomic E-state index is 12.4. The Morgan fingerprint density at radius 3 is 2.47 bits per heavy atom. The van der Waals surface area contributed by atoms with Crippen LogP contribution < -0.4 is 15.5 Å². The summed E-state index contributed by atoms with van der Waals surface area (Å²) < 4.78 is 6.14. The summed E-state index contributed by atoms with van der Waals surface area (Å²) in [5.74, 6) is -0.00371. The maximum absolute atomic E-state index is 12.4. The fraction of sp³-hybridized carbons (Fsp3) is 0.0870. The van der Waals surface area contributed by atoms with Crippen molar-refractivity contribution in [2.24, 2.45) is 5.10 Å². The minimum Gasteiger partial charge on any atom is -0.496 e. The zero-order valence-corrected chi connectivity index (χ0v) is 18.1.